The summed E-state index contributed by atoms with van der Waals surface area (Å²) in [6.45, 7) is 0. The molecule has 1 aromatic heterocycles. The fraction of sp³-hybridized carbons (Fsp3) is 0. The molecule has 0 aliphatic carbocycles. The summed E-state index contributed by atoms with van der Waals surface area (Å²) in [6, 6.07) is 6.16. The van der Waals surface area contributed by atoms with Crippen LogP contribution in [0, 0.1) is 11.8 Å². The number of amides is 2. The number of pyridine rings is 1. The normalized spacial score (nSPS) is 10.7. The van der Waals surface area contributed by atoms with Gasteiger partial charge >= 0.3 is 6.03 Å². The second-order valence-corrected chi connectivity index (χ2v) is 3.84. The predicted octanol–water partition coefficient (Wildman–Crippen LogP) is 2.03. The van der Waals surface area contributed by atoms with E-state index in [2.05, 4.69) is 10.1 Å². The van der Waals surface area contributed by atoms with Crippen molar-refractivity contribution in [2.45, 2.75) is 0 Å². The Morgan fingerprint density at radius 1 is 1.25 bits per heavy atom. The van der Waals surface area contributed by atoms with E-state index in [4.69, 9.17) is 5.73 Å². The highest BCUT2D eigenvalue weighted by atomic mass is 19.1. The van der Waals surface area contributed by atoms with Crippen LogP contribution in [0.25, 0.3) is 11.1 Å². The van der Waals surface area contributed by atoms with Crippen LogP contribution in [0.1, 0.15) is 5.56 Å². The Bertz CT molecular complexity index is 656. The molecule has 0 bridgehead atoms. The van der Waals surface area contributed by atoms with Crippen LogP contribution in [0.15, 0.2) is 41.6 Å². The summed E-state index contributed by atoms with van der Waals surface area (Å²) in [5.74, 6) is -1.11. The number of primary amides is 1. The Kier molecular flexibility index (Phi) is 3.99. The molecule has 7 heteroatoms. The SMILES string of the molecule is NC(=O)NN=Cc1cc(-c2ccc(F)nc2)ccc1F. The van der Waals surface area contributed by atoms with Crippen molar-refractivity contribution in [1.82, 2.24) is 10.4 Å². The fourth-order valence-corrected chi connectivity index (χ4v) is 1.53. The van der Waals surface area contributed by atoms with Crippen LogP contribution >= 0.6 is 0 Å². The number of carbonyl (C=O) groups excluding carboxylic acids is 1. The molecule has 2 aromatic rings. The van der Waals surface area contributed by atoms with Crippen molar-refractivity contribution >= 4 is 12.2 Å². The third-order valence-electron chi connectivity index (χ3n) is 2.44. The molecule has 3 N–H and O–H groups in total. The molecule has 0 unspecified atom stereocenters. The largest absolute Gasteiger partial charge is 0.350 e. The predicted molar refractivity (Wildman–Crippen MR) is 69.9 cm³/mol. The second kappa shape index (κ2) is 5.87. The molecule has 0 fully saturated rings. The number of hydrogen-bond acceptors (Lipinski definition) is 3. The number of aromatic nitrogens is 1. The van der Waals surface area contributed by atoms with E-state index in [-0.39, 0.29) is 5.56 Å². The number of hydrogen-bond donors (Lipinski definition) is 2. The lowest BCUT2D eigenvalue weighted by molar-refractivity contribution is 0.249. The average molecular weight is 276 g/mol. The molecule has 5 nitrogen and oxygen atoms in total. The first kappa shape index (κ1) is 13.6. The zero-order valence-corrected chi connectivity index (χ0v) is 10.2. The fourth-order valence-electron chi connectivity index (χ4n) is 1.53. The van der Waals surface area contributed by atoms with Gasteiger partial charge in [0.1, 0.15) is 5.82 Å². The minimum atomic E-state index is -0.847. The highest BCUT2D eigenvalue weighted by Gasteiger charge is 2.04. The number of rotatable bonds is 3. The first-order valence-corrected chi connectivity index (χ1v) is 5.56. The van der Waals surface area contributed by atoms with Crippen molar-refractivity contribution in [2.24, 2.45) is 10.8 Å². The molecule has 20 heavy (non-hydrogen) atoms. The number of carbonyl (C=O) groups is 1. The Morgan fingerprint density at radius 3 is 2.65 bits per heavy atom. The van der Waals surface area contributed by atoms with Gasteiger partial charge in [-0.3, -0.25) is 0 Å². The lowest BCUT2D eigenvalue weighted by atomic mass is 10.0. The number of nitrogens with one attached hydrogen (secondary N) is 1. The van der Waals surface area contributed by atoms with Gasteiger partial charge in [-0.1, -0.05) is 6.07 Å². The van der Waals surface area contributed by atoms with Crippen molar-refractivity contribution in [3.8, 4) is 11.1 Å². The summed E-state index contributed by atoms with van der Waals surface area (Å²) in [4.78, 5) is 14.0. The third-order valence-corrected chi connectivity index (χ3v) is 2.44. The van der Waals surface area contributed by atoms with Crippen molar-refractivity contribution in [3.05, 3.63) is 53.9 Å². The standard InChI is InChI=1S/C13H10F2N4O/c14-11-3-1-8(9-2-4-12(15)17-6-9)5-10(11)7-18-19-13(16)20/h1-7H,(H3,16,19,20). The van der Waals surface area contributed by atoms with Crippen molar-refractivity contribution in [2.75, 3.05) is 0 Å². The number of urea groups is 1. The molecule has 102 valence electrons. The van der Waals surface area contributed by atoms with Crippen LogP contribution in [0.4, 0.5) is 13.6 Å². The molecule has 0 aliphatic heterocycles. The smallest absolute Gasteiger partial charge is 0.332 e. The van der Waals surface area contributed by atoms with E-state index in [9.17, 15) is 13.6 Å². The molecule has 0 saturated carbocycles. The minimum Gasteiger partial charge on any atom is -0.350 e. The first-order chi connectivity index (χ1) is 9.56. The van der Waals surface area contributed by atoms with Gasteiger partial charge in [0.25, 0.3) is 0 Å². The van der Waals surface area contributed by atoms with E-state index >= 15 is 0 Å². The molecule has 0 atom stereocenters. The maximum Gasteiger partial charge on any atom is 0.332 e. The lowest BCUT2D eigenvalue weighted by Gasteiger charge is -2.03. The van der Waals surface area contributed by atoms with Crippen LogP contribution in [0.5, 0.6) is 0 Å². The molecule has 1 aromatic carbocycles. The minimum absolute atomic E-state index is 0.153. The molecule has 2 rings (SSSR count). The van der Waals surface area contributed by atoms with Crippen molar-refractivity contribution < 1.29 is 13.6 Å². The highest BCUT2D eigenvalue weighted by Crippen LogP contribution is 2.20. The second-order valence-electron chi connectivity index (χ2n) is 3.84. The van der Waals surface area contributed by atoms with Crippen LogP contribution in [-0.2, 0) is 0 Å². The number of nitrogens with two attached hydrogens (primary N) is 1. The Labute approximate surface area is 113 Å². The molecule has 2 amide bonds. The molecule has 1 heterocycles. The van der Waals surface area contributed by atoms with Gasteiger partial charge in [-0.2, -0.15) is 9.49 Å². The van der Waals surface area contributed by atoms with Gasteiger partial charge < -0.3 is 5.73 Å². The van der Waals surface area contributed by atoms with Gasteiger partial charge in [-0.05, 0) is 29.8 Å². The maximum absolute atomic E-state index is 13.6. The van der Waals surface area contributed by atoms with E-state index < -0.39 is 17.8 Å². The van der Waals surface area contributed by atoms with Crippen LogP contribution in [0.3, 0.4) is 0 Å². The summed E-state index contributed by atoms with van der Waals surface area (Å²) < 4.78 is 26.3. The number of hydrazone groups is 1. The zero-order valence-electron chi connectivity index (χ0n) is 10.2. The van der Waals surface area contributed by atoms with Crippen LogP contribution in [0.2, 0.25) is 0 Å². The first-order valence-electron chi connectivity index (χ1n) is 5.56. The zero-order chi connectivity index (χ0) is 14.5. The van der Waals surface area contributed by atoms with Gasteiger partial charge in [-0.25, -0.2) is 19.6 Å². The summed E-state index contributed by atoms with van der Waals surface area (Å²) in [5.41, 5.74) is 8.22. The summed E-state index contributed by atoms with van der Waals surface area (Å²) in [6.07, 6.45) is 2.46. The molecule has 0 radical (unpaired) electrons. The molecular weight excluding hydrogens is 266 g/mol. The van der Waals surface area contributed by atoms with E-state index in [0.29, 0.717) is 11.1 Å². The summed E-state index contributed by atoms with van der Waals surface area (Å²) in [5, 5.41) is 3.49. The molecule has 0 aliphatic rings. The van der Waals surface area contributed by atoms with Crippen LogP contribution in [-0.4, -0.2) is 17.2 Å². The summed E-state index contributed by atoms with van der Waals surface area (Å²) >= 11 is 0. The molecule has 0 saturated heterocycles. The van der Waals surface area contributed by atoms with E-state index in [0.717, 1.165) is 6.21 Å². The van der Waals surface area contributed by atoms with Gasteiger partial charge in [0.2, 0.25) is 5.95 Å². The quantitative estimate of drug-likeness (QED) is 0.511. The average Bonchev–Trinajstić information content (AvgIpc) is 2.41. The molecular formula is C13H10F2N4O. The lowest BCUT2D eigenvalue weighted by Crippen LogP contribution is -2.24. The van der Waals surface area contributed by atoms with Crippen molar-refractivity contribution in [3.63, 3.8) is 0 Å². The number of nitrogens with zero attached hydrogens (tertiary/aromatic N) is 2. The topological polar surface area (TPSA) is 80.4 Å². The number of halogens is 2. The van der Waals surface area contributed by atoms with Crippen LogP contribution < -0.4 is 11.2 Å². The van der Waals surface area contributed by atoms with E-state index in [1.54, 1.807) is 0 Å². The van der Waals surface area contributed by atoms with Gasteiger partial charge in [-0.15, -0.1) is 0 Å². The van der Waals surface area contributed by atoms with Gasteiger partial charge in [0.05, 0.1) is 6.21 Å². The monoisotopic (exact) mass is 276 g/mol. The van der Waals surface area contributed by atoms with E-state index in [1.807, 2.05) is 5.43 Å². The van der Waals surface area contributed by atoms with E-state index in [1.165, 1.54) is 36.5 Å². The Balaban J connectivity index is 2.30. The Morgan fingerprint density at radius 2 is 2.00 bits per heavy atom. The molecule has 0 spiro atoms. The van der Waals surface area contributed by atoms with Gasteiger partial charge in [0.15, 0.2) is 0 Å². The van der Waals surface area contributed by atoms with Crippen molar-refractivity contribution in [1.29, 1.82) is 0 Å². The highest BCUT2D eigenvalue weighted by molar-refractivity contribution is 5.84. The van der Waals surface area contributed by atoms with Gasteiger partial charge in [0, 0.05) is 17.3 Å². The summed E-state index contributed by atoms with van der Waals surface area (Å²) in [7, 11) is 0. The Hall–Kier alpha value is -2.83. The maximum atomic E-state index is 13.6. The third kappa shape index (κ3) is 3.35. The number of benzene rings is 1.